The molecule has 0 aliphatic rings. The van der Waals surface area contributed by atoms with Gasteiger partial charge in [0.1, 0.15) is 18.1 Å². The lowest BCUT2D eigenvalue weighted by atomic mass is 10.2. The van der Waals surface area contributed by atoms with Crippen molar-refractivity contribution in [3.05, 3.63) is 59.7 Å². The number of carbonyl (C=O) groups excluding carboxylic acids is 2. The van der Waals surface area contributed by atoms with Gasteiger partial charge < -0.3 is 14.8 Å². The predicted molar refractivity (Wildman–Crippen MR) is 102 cm³/mol. The number of carbonyl (C=O) groups is 2. The molecule has 2 aromatic rings. The van der Waals surface area contributed by atoms with Crippen molar-refractivity contribution in [3.63, 3.8) is 0 Å². The van der Waals surface area contributed by atoms with E-state index in [1.165, 1.54) is 6.21 Å². The Labute approximate surface area is 157 Å². The van der Waals surface area contributed by atoms with Crippen LogP contribution in [0.5, 0.6) is 11.5 Å². The molecule has 0 spiro atoms. The first-order chi connectivity index (χ1) is 13.1. The lowest BCUT2D eigenvalue weighted by Gasteiger charge is -2.06. The third-order valence-electron chi connectivity index (χ3n) is 3.38. The minimum atomic E-state index is -0.463. The van der Waals surface area contributed by atoms with Gasteiger partial charge in [0.15, 0.2) is 0 Å². The van der Waals surface area contributed by atoms with E-state index in [1.807, 2.05) is 0 Å². The van der Waals surface area contributed by atoms with E-state index in [4.69, 9.17) is 15.9 Å². The Morgan fingerprint density at radius 1 is 1.19 bits per heavy atom. The molecule has 0 bridgehead atoms. The van der Waals surface area contributed by atoms with Crippen molar-refractivity contribution in [3.8, 4) is 23.8 Å². The van der Waals surface area contributed by atoms with E-state index in [0.717, 1.165) is 0 Å². The summed E-state index contributed by atoms with van der Waals surface area (Å²) in [6, 6.07) is 13.7. The average Bonchev–Trinajstić information content (AvgIpc) is 2.71. The van der Waals surface area contributed by atoms with Crippen LogP contribution in [0.2, 0.25) is 0 Å². The van der Waals surface area contributed by atoms with Crippen LogP contribution in [0.15, 0.2) is 53.6 Å². The van der Waals surface area contributed by atoms with Crippen molar-refractivity contribution in [2.24, 2.45) is 5.10 Å². The number of nitrogens with zero attached hydrogens (tertiary/aromatic N) is 1. The van der Waals surface area contributed by atoms with Crippen molar-refractivity contribution in [2.45, 2.75) is 0 Å². The second-order valence-corrected chi connectivity index (χ2v) is 5.23. The van der Waals surface area contributed by atoms with E-state index in [9.17, 15) is 9.59 Å². The monoisotopic (exact) mass is 365 g/mol. The van der Waals surface area contributed by atoms with Gasteiger partial charge in [0.05, 0.1) is 19.9 Å². The smallest absolute Gasteiger partial charge is 0.259 e. The third kappa shape index (κ3) is 6.21. The number of methoxy groups -OCH3 is 1. The van der Waals surface area contributed by atoms with Crippen LogP contribution in [0.1, 0.15) is 15.9 Å². The van der Waals surface area contributed by atoms with Crippen LogP contribution >= 0.6 is 0 Å². The van der Waals surface area contributed by atoms with Gasteiger partial charge in [0.2, 0.25) is 0 Å². The lowest BCUT2D eigenvalue weighted by molar-refractivity contribution is -0.120. The Balaban J connectivity index is 1.83. The van der Waals surface area contributed by atoms with Crippen molar-refractivity contribution in [1.29, 1.82) is 0 Å². The largest absolute Gasteiger partial charge is 0.497 e. The number of hydrazone groups is 1. The molecule has 0 aromatic heterocycles. The first-order valence-corrected chi connectivity index (χ1v) is 8.03. The van der Waals surface area contributed by atoms with Crippen LogP contribution in [0.3, 0.4) is 0 Å². The van der Waals surface area contributed by atoms with E-state index in [1.54, 1.807) is 55.6 Å². The van der Waals surface area contributed by atoms with Crippen molar-refractivity contribution < 1.29 is 19.1 Å². The summed E-state index contributed by atoms with van der Waals surface area (Å²) in [7, 11) is 1.54. The number of terminal acetylenes is 1. The van der Waals surface area contributed by atoms with Gasteiger partial charge in [0.25, 0.3) is 11.8 Å². The molecule has 0 heterocycles. The number of benzene rings is 2. The van der Waals surface area contributed by atoms with Gasteiger partial charge in [-0.25, -0.2) is 5.43 Å². The number of ether oxygens (including phenoxy) is 2. The summed E-state index contributed by atoms with van der Waals surface area (Å²) in [5.41, 5.74) is 3.42. The molecule has 0 unspecified atom stereocenters. The predicted octanol–water partition coefficient (Wildman–Crippen LogP) is 1.59. The van der Waals surface area contributed by atoms with Crippen LogP contribution in [0.25, 0.3) is 0 Å². The Hall–Kier alpha value is -3.79. The normalized spacial score (nSPS) is 10.1. The summed E-state index contributed by atoms with van der Waals surface area (Å²) in [4.78, 5) is 23.8. The van der Waals surface area contributed by atoms with E-state index in [-0.39, 0.29) is 19.1 Å². The van der Waals surface area contributed by atoms with Crippen LogP contribution in [0, 0.1) is 12.3 Å². The summed E-state index contributed by atoms with van der Waals surface area (Å²) in [5.74, 6) is 2.75. The average molecular weight is 365 g/mol. The quantitative estimate of drug-likeness (QED) is 0.422. The van der Waals surface area contributed by atoms with E-state index in [0.29, 0.717) is 22.6 Å². The standard InChI is InChI=1S/C20H19N3O4/c1-3-12-27-18-7-5-4-6-16(18)13-22-23-19(24)14-21-20(25)15-8-10-17(26-2)11-9-15/h1,4-11,13H,12,14H2,2H3,(H,21,25)(H,23,24)/b22-13-. The molecule has 2 aromatic carbocycles. The molecule has 7 nitrogen and oxygen atoms in total. The molecule has 0 saturated carbocycles. The third-order valence-corrected chi connectivity index (χ3v) is 3.38. The summed E-state index contributed by atoms with van der Waals surface area (Å²) < 4.78 is 10.4. The van der Waals surface area contributed by atoms with Gasteiger partial charge >= 0.3 is 0 Å². The van der Waals surface area contributed by atoms with Crippen molar-refractivity contribution >= 4 is 18.0 Å². The summed E-state index contributed by atoms with van der Waals surface area (Å²) in [6.07, 6.45) is 6.61. The number of hydrogen-bond acceptors (Lipinski definition) is 5. The van der Waals surface area contributed by atoms with Crippen LogP contribution < -0.4 is 20.2 Å². The number of amides is 2. The summed E-state index contributed by atoms with van der Waals surface area (Å²) in [5, 5.41) is 6.37. The molecule has 138 valence electrons. The zero-order chi connectivity index (χ0) is 19.5. The van der Waals surface area contributed by atoms with Gasteiger partial charge in [-0.1, -0.05) is 18.1 Å². The van der Waals surface area contributed by atoms with Crippen molar-refractivity contribution in [1.82, 2.24) is 10.7 Å². The molecule has 7 heteroatoms. The topological polar surface area (TPSA) is 89.0 Å². The maximum Gasteiger partial charge on any atom is 0.259 e. The van der Waals surface area contributed by atoms with Gasteiger partial charge in [-0.15, -0.1) is 6.42 Å². The SMILES string of the molecule is C#CCOc1ccccc1/C=N\NC(=O)CNC(=O)c1ccc(OC)cc1. The molecule has 2 amide bonds. The Morgan fingerprint density at radius 3 is 2.63 bits per heavy atom. The highest BCUT2D eigenvalue weighted by molar-refractivity contribution is 5.96. The van der Waals surface area contributed by atoms with Crippen LogP contribution in [-0.4, -0.2) is 38.3 Å². The molecule has 0 aliphatic heterocycles. The van der Waals surface area contributed by atoms with E-state index in [2.05, 4.69) is 21.8 Å². The molecular formula is C20H19N3O4. The lowest BCUT2D eigenvalue weighted by Crippen LogP contribution is -2.34. The highest BCUT2D eigenvalue weighted by atomic mass is 16.5. The minimum absolute atomic E-state index is 0.134. The molecule has 2 rings (SSSR count). The van der Waals surface area contributed by atoms with E-state index < -0.39 is 5.91 Å². The molecule has 27 heavy (non-hydrogen) atoms. The Morgan fingerprint density at radius 2 is 1.93 bits per heavy atom. The molecule has 0 saturated heterocycles. The highest BCUT2D eigenvalue weighted by Crippen LogP contribution is 2.15. The summed E-state index contributed by atoms with van der Waals surface area (Å²) in [6.45, 7) is -0.0773. The summed E-state index contributed by atoms with van der Waals surface area (Å²) >= 11 is 0. The van der Waals surface area contributed by atoms with Crippen LogP contribution in [-0.2, 0) is 4.79 Å². The van der Waals surface area contributed by atoms with Crippen LogP contribution in [0.4, 0.5) is 0 Å². The molecule has 0 fully saturated rings. The Kier molecular flexibility index (Phi) is 7.42. The molecule has 0 atom stereocenters. The van der Waals surface area contributed by atoms with Crippen molar-refractivity contribution in [2.75, 3.05) is 20.3 Å². The number of nitrogens with one attached hydrogen (secondary N) is 2. The molecular weight excluding hydrogens is 346 g/mol. The fourth-order valence-corrected chi connectivity index (χ4v) is 2.06. The zero-order valence-electron chi connectivity index (χ0n) is 14.8. The molecule has 0 aliphatic carbocycles. The highest BCUT2D eigenvalue weighted by Gasteiger charge is 2.08. The number of rotatable bonds is 8. The van der Waals surface area contributed by atoms with Gasteiger partial charge in [-0.2, -0.15) is 5.10 Å². The number of hydrogen-bond donors (Lipinski definition) is 2. The maximum absolute atomic E-state index is 12.0. The van der Waals surface area contributed by atoms with Gasteiger partial charge in [-0.3, -0.25) is 9.59 Å². The first kappa shape index (κ1) is 19.5. The maximum atomic E-state index is 12.0. The number of para-hydroxylation sites is 1. The molecule has 2 N–H and O–H groups in total. The van der Waals surface area contributed by atoms with E-state index >= 15 is 0 Å². The first-order valence-electron chi connectivity index (χ1n) is 8.03. The minimum Gasteiger partial charge on any atom is -0.497 e. The fraction of sp³-hybridized carbons (Fsp3) is 0.150. The van der Waals surface area contributed by atoms with Gasteiger partial charge in [-0.05, 0) is 36.4 Å². The van der Waals surface area contributed by atoms with Gasteiger partial charge in [0, 0.05) is 11.1 Å². The second kappa shape index (κ2) is 10.3. The fourth-order valence-electron chi connectivity index (χ4n) is 2.06. The Bertz CT molecular complexity index is 854. The zero-order valence-corrected chi connectivity index (χ0v) is 14.8. The second-order valence-electron chi connectivity index (χ2n) is 5.23. The molecule has 0 radical (unpaired) electrons.